The number of benzene rings is 2. The number of sulfonamides is 1. The zero-order chi connectivity index (χ0) is 20.6. The van der Waals surface area contributed by atoms with E-state index in [4.69, 9.17) is 4.74 Å². The van der Waals surface area contributed by atoms with E-state index >= 15 is 0 Å². The number of aromatic nitrogens is 1. The van der Waals surface area contributed by atoms with E-state index in [0.29, 0.717) is 23.2 Å². The van der Waals surface area contributed by atoms with Gasteiger partial charge in [-0.05, 0) is 69.3 Å². The predicted octanol–water partition coefficient (Wildman–Crippen LogP) is 3.46. The number of ether oxygens (including phenoxy) is 1. The molecule has 3 aromatic rings. The lowest BCUT2D eigenvalue weighted by atomic mass is 9.87. The van der Waals surface area contributed by atoms with Crippen LogP contribution in [0.4, 0.5) is 5.82 Å². The van der Waals surface area contributed by atoms with Crippen molar-refractivity contribution in [3.63, 3.8) is 0 Å². The number of nitrogens with one attached hydrogen (secondary N) is 1. The van der Waals surface area contributed by atoms with Crippen molar-refractivity contribution < 1.29 is 13.2 Å². The number of para-hydroxylation sites is 1. The maximum Gasteiger partial charge on any atom is 0.263 e. The maximum atomic E-state index is 13.2. The third kappa shape index (κ3) is 3.80. The Kier molecular flexibility index (Phi) is 5.19. The number of methoxy groups -OCH3 is 1. The Morgan fingerprint density at radius 2 is 1.86 bits per heavy atom. The second-order valence-corrected chi connectivity index (χ2v) is 9.23. The molecule has 0 bridgehead atoms. The molecule has 2 aromatic carbocycles. The Morgan fingerprint density at radius 3 is 2.62 bits per heavy atom. The van der Waals surface area contributed by atoms with E-state index < -0.39 is 10.0 Å². The fourth-order valence-electron chi connectivity index (χ4n) is 4.00. The van der Waals surface area contributed by atoms with Crippen LogP contribution in [0.5, 0.6) is 5.75 Å². The summed E-state index contributed by atoms with van der Waals surface area (Å²) in [5, 5.41) is 0.965. The lowest BCUT2D eigenvalue weighted by Crippen LogP contribution is -2.34. The summed E-state index contributed by atoms with van der Waals surface area (Å²) in [4.78, 5) is 6.93. The Labute approximate surface area is 171 Å². The van der Waals surface area contributed by atoms with Crippen LogP contribution < -0.4 is 9.46 Å². The molecule has 0 saturated carbocycles. The Morgan fingerprint density at radius 1 is 1.07 bits per heavy atom. The van der Waals surface area contributed by atoms with Gasteiger partial charge >= 0.3 is 0 Å². The minimum Gasteiger partial charge on any atom is -0.496 e. The molecule has 1 N–H and O–H groups in total. The third-order valence-corrected chi connectivity index (χ3v) is 7.03. The minimum atomic E-state index is -3.77. The van der Waals surface area contributed by atoms with E-state index in [1.165, 1.54) is 0 Å². The van der Waals surface area contributed by atoms with Crippen LogP contribution in [0.15, 0.2) is 53.4 Å². The Balaban J connectivity index is 1.72. The summed E-state index contributed by atoms with van der Waals surface area (Å²) in [5.74, 6) is 1.06. The fourth-order valence-corrected chi connectivity index (χ4v) is 5.29. The summed E-state index contributed by atoms with van der Waals surface area (Å²) < 4.78 is 34.6. The first-order chi connectivity index (χ1) is 13.9. The standard InChI is InChI=1S/C22H25N3O3S/c1-25(2)16-9-10-17-18(14-16)20(28-3)11-12-21(17)29(26,27)24-22-13-8-15-6-4-5-7-19(15)23-22/h4-8,11-13,16H,9-10,14H2,1-3H3,(H,23,24)/t16-/m0/s1. The van der Waals surface area contributed by atoms with Crippen LogP contribution in [-0.2, 0) is 22.9 Å². The molecule has 0 fully saturated rings. The first-order valence-electron chi connectivity index (χ1n) is 9.63. The summed E-state index contributed by atoms with van der Waals surface area (Å²) in [5.41, 5.74) is 2.57. The number of rotatable bonds is 5. The van der Waals surface area contributed by atoms with Gasteiger partial charge in [-0.3, -0.25) is 4.72 Å². The van der Waals surface area contributed by atoms with Crippen molar-refractivity contribution >= 4 is 26.7 Å². The number of hydrogen-bond donors (Lipinski definition) is 1. The van der Waals surface area contributed by atoms with Crippen molar-refractivity contribution in [2.75, 3.05) is 25.9 Å². The van der Waals surface area contributed by atoms with Gasteiger partial charge in [0.2, 0.25) is 0 Å². The van der Waals surface area contributed by atoms with Crippen LogP contribution in [0.1, 0.15) is 17.5 Å². The number of nitrogens with zero attached hydrogens (tertiary/aromatic N) is 2. The Bertz CT molecular complexity index is 1160. The van der Waals surface area contributed by atoms with Gasteiger partial charge in [-0.15, -0.1) is 0 Å². The van der Waals surface area contributed by atoms with Crippen molar-refractivity contribution in [2.24, 2.45) is 0 Å². The molecule has 7 heteroatoms. The average molecular weight is 412 g/mol. The summed E-state index contributed by atoms with van der Waals surface area (Å²) in [6.07, 6.45) is 2.36. The molecule has 1 heterocycles. The van der Waals surface area contributed by atoms with Crippen molar-refractivity contribution in [3.8, 4) is 5.75 Å². The summed E-state index contributed by atoms with van der Waals surface area (Å²) in [6, 6.07) is 14.9. The molecule has 152 valence electrons. The van der Waals surface area contributed by atoms with Gasteiger partial charge < -0.3 is 9.64 Å². The highest BCUT2D eigenvalue weighted by atomic mass is 32.2. The average Bonchev–Trinajstić information content (AvgIpc) is 2.72. The van der Waals surface area contributed by atoms with Crippen molar-refractivity contribution in [2.45, 2.75) is 30.2 Å². The highest BCUT2D eigenvalue weighted by molar-refractivity contribution is 7.92. The van der Waals surface area contributed by atoms with E-state index in [1.54, 1.807) is 25.3 Å². The fraction of sp³-hybridized carbons (Fsp3) is 0.318. The SMILES string of the molecule is COc1ccc(S(=O)(=O)Nc2ccc3ccccc3n2)c2c1C[C@@H](N(C)C)CC2. The molecule has 0 saturated heterocycles. The molecular formula is C22H25N3O3S. The zero-order valence-corrected chi connectivity index (χ0v) is 17.7. The predicted molar refractivity (Wildman–Crippen MR) is 115 cm³/mol. The molecule has 1 atom stereocenters. The highest BCUT2D eigenvalue weighted by Gasteiger charge is 2.29. The largest absolute Gasteiger partial charge is 0.496 e. The molecule has 1 aliphatic rings. The smallest absolute Gasteiger partial charge is 0.263 e. The maximum absolute atomic E-state index is 13.2. The van der Waals surface area contributed by atoms with E-state index in [2.05, 4.69) is 28.7 Å². The van der Waals surface area contributed by atoms with E-state index in [1.807, 2.05) is 30.3 Å². The first-order valence-corrected chi connectivity index (χ1v) is 11.1. The number of pyridine rings is 1. The quantitative estimate of drug-likeness (QED) is 0.696. The molecule has 1 aliphatic carbocycles. The second kappa shape index (κ2) is 7.65. The molecule has 0 unspecified atom stereocenters. The van der Waals surface area contributed by atoms with Gasteiger partial charge in [-0.1, -0.05) is 18.2 Å². The third-order valence-electron chi connectivity index (χ3n) is 5.59. The number of anilines is 1. The second-order valence-electron chi connectivity index (χ2n) is 7.58. The molecular weight excluding hydrogens is 386 g/mol. The van der Waals surface area contributed by atoms with Gasteiger partial charge in [-0.2, -0.15) is 0 Å². The number of fused-ring (bicyclic) bond motifs is 2. The lowest BCUT2D eigenvalue weighted by molar-refractivity contribution is 0.263. The molecule has 29 heavy (non-hydrogen) atoms. The molecule has 0 radical (unpaired) electrons. The van der Waals surface area contributed by atoms with Gasteiger partial charge in [0.25, 0.3) is 10.0 Å². The highest BCUT2D eigenvalue weighted by Crippen LogP contribution is 2.36. The van der Waals surface area contributed by atoms with Crippen LogP contribution in [-0.4, -0.2) is 45.5 Å². The van der Waals surface area contributed by atoms with E-state index in [9.17, 15) is 8.42 Å². The van der Waals surface area contributed by atoms with Crippen molar-refractivity contribution in [3.05, 3.63) is 59.7 Å². The van der Waals surface area contributed by atoms with Gasteiger partial charge in [0.1, 0.15) is 11.6 Å². The van der Waals surface area contributed by atoms with Crippen LogP contribution >= 0.6 is 0 Å². The van der Waals surface area contributed by atoms with Gasteiger partial charge in [0.15, 0.2) is 0 Å². The van der Waals surface area contributed by atoms with Crippen LogP contribution in [0.3, 0.4) is 0 Å². The Hall–Kier alpha value is -2.64. The van der Waals surface area contributed by atoms with Crippen molar-refractivity contribution in [1.82, 2.24) is 9.88 Å². The van der Waals surface area contributed by atoms with Gasteiger partial charge in [0.05, 0.1) is 17.5 Å². The normalized spacial score (nSPS) is 16.6. The number of hydrogen-bond acceptors (Lipinski definition) is 5. The minimum absolute atomic E-state index is 0.306. The molecule has 0 amide bonds. The molecule has 4 rings (SSSR count). The van der Waals surface area contributed by atoms with Crippen LogP contribution in [0.25, 0.3) is 10.9 Å². The van der Waals surface area contributed by atoms with Crippen molar-refractivity contribution in [1.29, 1.82) is 0 Å². The molecule has 6 nitrogen and oxygen atoms in total. The van der Waals surface area contributed by atoms with Gasteiger partial charge in [0, 0.05) is 17.0 Å². The van der Waals surface area contributed by atoms with Gasteiger partial charge in [-0.25, -0.2) is 13.4 Å². The first kappa shape index (κ1) is 19.7. The molecule has 1 aromatic heterocycles. The molecule has 0 spiro atoms. The van der Waals surface area contributed by atoms with Crippen LogP contribution in [0, 0.1) is 0 Å². The number of likely N-dealkylation sites (N-methyl/N-ethyl adjacent to an activating group) is 1. The van der Waals surface area contributed by atoms with E-state index in [-0.39, 0.29) is 0 Å². The van der Waals surface area contributed by atoms with E-state index in [0.717, 1.165) is 40.6 Å². The summed E-state index contributed by atoms with van der Waals surface area (Å²) >= 11 is 0. The monoisotopic (exact) mass is 411 g/mol. The summed E-state index contributed by atoms with van der Waals surface area (Å²) in [7, 11) is 1.96. The topological polar surface area (TPSA) is 71.5 Å². The summed E-state index contributed by atoms with van der Waals surface area (Å²) in [6.45, 7) is 0. The van der Waals surface area contributed by atoms with Crippen LogP contribution in [0.2, 0.25) is 0 Å². The lowest BCUT2D eigenvalue weighted by Gasteiger charge is -2.31. The molecule has 0 aliphatic heterocycles. The zero-order valence-electron chi connectivity index (χ0n) is 16.8.